The van der Waals surface area contributed by atoms with Gasteiger partial charge in [0.1, 0.15) is 5.75 Å². The highest BCUT2D eigenvalue weighted by Gasteiger charge is 2.28. The second-order valence-corrected chi connectivity index (χ2v) is 7.11. The van der Waals surface area contributed by atoms with Gasteiger partial charge in [-0.2, -0.15) is 0 Å². The molecule has 6 nitrogen and oxygen atoms in total. The number of rotatable bonds is 7. The van der Waals surface area contributed by atoms with Gasteiger partial charge in [0.05, 0.1) is 19.7 Å². The Morgan fingerprint density at radius 3 is 2.35 bits per heavy atom. The molecule has 0 aromatic heterocycles. The molecule has 2 amide bonds. The summed E-state index contributed by atoms with van der Waals surface area (Å²) in [6.07, 6.45) is 5.81. The van der Waals surface area contributed by atoms with Gasteiger partial charge in [-0.1, -0.05) is 19.3 Å². The lowest BCUT2D eigenvalue weighted by atomic mass is 9.94. The molecule has 0 spiro atoms. The Kier molecular flexibility index (Phi) is 7.45. The van der Waals surface area contributed by atoms with Crippen LogP contribution in [0.5, 0.6) is 5.75 Å². The number of carbonyl (C=O) groups excluding carboxylic acids is 2. The minimum atomic E-state index is -0.330. The average molecular weight is 361 g/mol. The number of hydrogen-bond acceptors (Lipinski definition) is 4. The van der Waals surface area contributed by atoms with Gasteiger partial charge >= 0.3 is 0 Å². The number of nitrogens with zero attached hydrogens (tertiary/aromatic N) is 2. The van der Waals surface area contributed by atoms with Crippen molar-refractivity contribution in [2.24, 2.45) is 0 Å². The fourth-order valence-electron chi connectivity index (χ4n) is 3.37. The summed E-state index contributed by atoms with van der Waals surface area (Å²) in [5.41, 5.74) is 0.711. The Labute approximate surface area is 156 Å². The maximum atomic E-state index is 12.7. The molecule has 1 fully saturated rings. The zero-order valence-electron chi connectivity index (χ0n) is 16.3. The van der Waals surface area contributed by atoms with Crippen LogP contribution in [0, 0.1) is 0 Å². The van der Waals surface area contributed by atoms with Crippen LogP contribution in [0.4, 0.5) is 5.69 Å². The average Bonchev–Trinajstić information content (AvgIpc) is 2.67. The summed E-state index contributed by atoms with van der Waals surface area (Å²) in [6, 6.07) is 7.18. The van der Waals surface area contributed by atoms with Crippen LogP contribution in [0.2, 0.25) is 0 Å². The van der Waals surface area contributed by atoms with E-state index in [1.165, 1.54) is 19.3 Å². The van der Waals surface area contributed by atoms with Crippen molar-refractivity contribution in [1.29, 1.82) is 0 Å². The zero-order valence-corrected chi connectivity index (χ0v) is 16.3. The number of likely N-dealkylation sites (N-methyl/N-ethyl adjacent to an activating group) is 2. The monoisotopic (exact) mass is 361 g/mol. The van der Waals surface area contributed by atoms with E-state index in [0.717, 1.165) is 18.6 Å². The summed E-state index contributed by atoms with van der Waals surface area (Å²) in [5, 5.41) is 2.85. The van der Waals surface area contributed by atoms with Crippen LogP contribution in [-0.2, 0) is 9.59 Å². The summed E-state index contributed by atoms with van der Waals surface area (Å²) < 4.78 is 5.11. The van der Waals surface area contributed by atoms with Gasteiger partial charge in [0.2, 0.25) is 11.8 Å². The Morgan fingerprint density at radius 1 is 1.15 bits per heavy atom. The SMILES string of the molecule is COc1ccc(NC(=O)CN(C)[C@@H](C)C(=O)N(C)C2CCCCC2)cc1. The molecule has 0 aliphatic heterocycles. The van der Waals surface area contributed by atoms with E-state index in [-0.39, 0.29) is 24.4 Å². The highest BCUT2D eigenvalue weighted by Crippen LogP contribution is 2.22. The number of amides is 2. The summed E-state index contributed by atoms with van der Waals surface area (Å²) >= 11 is 0. The quantitative estimate of drug-likeness (QED) is 0.811. The Hall–Kier alpha value is -2.08. The van der Waals surface area contributed by atoms with Crippen LogP contribution in [0.1, 0.15) is 39.0 Å². The molecule has 0 unspecified atom stereocenters. The van der Waals surface area contributed by atoms with E-state index in [0.29, 0.717) is 11.7 Å². The number of nitrogens with one attached hydrogen (secondary N) is 1. The molecule has 1 aliphatic carbocycles. The molecular weight excluding hydrogens is 330 g/mol. The van der Waals surface area contributed by atoms with Crippen molar-refractivity contribution in [3.8, 4) is 5.75 Å². The number of benzene rings is 1. The lowest BCUT2D eigenvalue weighted by Gasteiger charge is -2.35. The smallest absolute Gasteiger partial charge is 0.239 e. The van der Waals surface area contributed by atoms with Crippen LogP contribution in [0.15, 0.2) is 24.3 Å². The molecule has 2 rings (SSSR count). The van der Waals surface area contributed by atoms with Gasteiger partial charge < -0.3 is 15.0 Å². The van der Waals surface area contributed by atoms with Crippen molar-refractivity contribution in [3.05, 3.63) is 24.3 Å². The minimum absolute atomic E-state index is 0.0802. The topological polar surface area (TPSA) is 61.9 Å². The highest BCUT2D eigenvalue weighted by molar-refractivity contribution is 5.92. The fourth-order valence-corrected chi connectivity index (χ4v) is 3.37. The first-order valence-electron chi connectivity index (χ1n) is 9.33. The Balaban J connectivity index is 1.85. The summed E-state index contributed by atoms with van der Waals surface area (Å²) in [6.45, 7) is 2.03. The zero-order chi connectivity index (χ0) is 19.1. The summed E-state index contributed by atoms with van der Waals surface area (Å²) in [5.74, 6) is 0.680. The van der Waals surface area contributed by atoms with Gasteiger partial charge in [-0.25, -0.2) is 0 Å². The molecule has 0 bridgehead atoms. The maximum absolute atomic E-state index is 12.7. The first-order valence-corrected chi connectivity index (χ1v) is 9.33. The number of methoxy groups -OCH3 is 1. The molecule has 1 atom stereocenters. The first-order chi connectivity index (χ1) is 12.4. The normalized spacial score (nSPS) is 16.2. The van der Waals surface area contributed by atoms with Crippen LogP contribution in [-0.4, -0.2) is 61.4 Å². The molecule has 144 valence electrons. The number of carbonyl (C=O) groups is 2. The van der Waals surface area contributed by atoms with Crippen LogP contribution < -0.4 is 10.1 Å². The largest absolute Gasteiger partial charge is 0.497 e. The van der Waals surface area contributed by atoms with Crippen molar-refractivity contribution in [3.63, 3.8) is 0 Å². The van der Waals surface area contributed by atoms with Gasteiger partial charge in [-0.15, -0.1) is 0 Å². The Bertz CT molecular complexity index is 597. The minimum Gasteiger partial charge on any atom is -0.497 e. The van der Waals surface area contributed by atoms with E-state index < -0.39 is 0 Å². The van der Waals surface area contributed by atoms with Crippen LogP contribution in [0.25, 0.3) is 0 Å². The summed E-state index contributed by atoms with van der Waals surface area (Å²) in [7, 11) is 5.30. The lowest BCUT2D eigenvalue weighted by molar-refractivity contribution is -0.137. The molecule has 0 heterocycles. The molecule has 0 radical (unpaired) electrons. The van der Waals surface area contributed by atoms with Gasteiger partial charge in [-0.05, 0) is 51.1 Å². The molecule has 1 aliphatic rings. The highest BCUT2D eigenvalue weighted by atomic mass is 16.5. The Morgan fingerprint density at radius 2 is 1.77 bits per heavy atom. The van der Waals surface area contributed by atoms with Gasteiger partial charge in [0.15, 0.2) is 0 Å². The van der Waals surface area contributed by atoms with Crippen molar-refractivity contribution < 1.29 is 14.3 Å². The molecule has 6 heteroatoms. The molecule has 1 aromatic carbocycles. The third-order valence-corrected chi connectivity index (χ3v) is 5.26. The molecule has 0 saturated heterocycles. The van der Waals surface area contributed by atoms with E-state index >= 15 is 0 Å². The van der Waals surface area contributed by atoms with Gasteiger partial charge in [-0.3, -0.25) is 14.5 Å². The first kappa shape index (κ1) is 20.2. The lowest BCUT2D eigenvalue weighted by Crippen LogP contribution is -2.49. The van der Waals surface area contributed by atoms with E-state index in [4.69, 9.17) is 4.74 Å². The van der Waals surface area contributed by atoms with Gasteiger partial charge in [0, 0.05) is 18.8 Å². The third kappa shape index (κ3) is 5.46. The van der Waals surface area contributed by atoms with Crippen LogP contribution >= 0.6 is 0 Å². The van der Waals surface area contributed by atoms with E-state index in [9.17, 15) is 9.59 Å². The van der Waals surface area contributed by atoms with Crippen molar-refractivity contribution in [1.82, 2.24) is 9.80 Å². The van der Waals surface area contributed by atoms with E-state index in [1.807, 2.05) is 25.9 Å². The van der Waals surface area contributed by atoms with Gasteiger partial charge in [0.25, 0.3) is 0 Å². The van der Waals surface area contributed by atoms with Crippen molar-refractivity contribution in [2.45, 2.75) is 51.1 Å². The number of anilines is 1. The molecule has 1 saturated carbocycles. The van der Waals surface area contributed by atoms with E-state index in [1.54, 1.807) is 36.3 Å². The number of hydrogen-bond donors (Lipinski definition) is 1. The third-order valence-electron chi connectivity index (χ3n) is 5.26. The van der Waals surface area contributed by atoms with Crippen molar-refractivity contribution in [2.75, 3.05) is 33.1 Å². The predicted octanol–water partition coefficient (Wildman–Crippen LogP) is 2.75. The predicted molar refractivity (Wildman–Crippen MR) is 103 cm³/mol. The van der Waals surface area contributed by atoms with Crippen LogP contribution in [0.3, 0.4) is 0 Å². The second kappa shape index (κ2) is 9.57. The second-order valence-electron chi connectivity index (χ2n) is 7.11. The molecule has 1 N–H and O–H groups in total. The molecule has 1 aromatic rings. The van der Waals surface area contributed by atoms with E-state index in [2.05, 4.69) is 5.32 Å². The maximum Gasteiger partial charge on any atom is 0.239 e. The standard InChI is InChI=1S/C20H31N3O3/c1-15(20(25)23(3)17-8-6-5-7-9-17)22(2)14-19(24)21-16-10-12-18(26-4)13-11-16/h10-13,15,17H,5-9,14H2,1-4H3,(H,21,24)/t15-/m0/s1. The van der Waals surface area contributed by atoms with Crippen molar-refractivity contribution >= 4 is 17.5 Å². The summed E-state index contributed by atoms with van der Waals surface area (Å²) in [4.78, 5) is 28.7. The fraction of sp³-hybridized carbons (Fsp3) is 0.600. The number of ether oxygens (including phenoxy) is 1. The molecule has 26 heavy (non-hydrogen) atoms. The molecular formula is C20H31N3O3.